The molecule has 37 heavy (non-hydrogen) atoms. The number of fused-ring (bicyclic) bond motifs is 3. The molecule has 2 heterocycles. The molecule has 0 amide bonds. The Morgan fingerprint density at radius 1 is 0.649 bits per heavy atom. The van der Waals surface area contributed by atoms with E-state index in [4.69, 9.17) is 9.47 Å². The van der Waals surface area contributed by atoms with Gasteiger partial charge in [-0.05, 0) is 58.4 Å². The zero-order chi connectivity index (χ0) is 25.0. The Bertz CT molecular complexity index is 1470. The van der Waals surface area contributed by atoms with Crippen LogP contribution < -0.4 is 0 Å². The molecule has 0 bridgehead atoms. The van der Waals surface area contributed by atoms with Gasteiger partial charge in [-0.2, -0.15) is 0 Å². The molecule has 4 heteroatoms. The molecule has 3 unspecified atom stereocenters. The van der Waals surface area contributed by atoms with Crippen LogP contribution in [-0.4, -0.2) is 31.5 Å². The molecular formula is C33H29BrO3. The second-order valence-corrected chi connectivity index (χ2v) is 11.4. The van der Waals surface area contributed by atoms with E-state index in [-0.39, 0.29) is 0 Å². The van der Waals surface area contributed by atoms with Gasteiger partial charge in [0.25, 0.3) is 0 Å². The fraction of sp³-hybridized carbons (Fsp3) is 0.273. The van der Waals surface area contributed by atoms with Gasteiger partial charge >= 0.3 is 0 Å². The van der Waals surface area contributed by atoms with Crippen molar-refractivity contribution in [3.63, 3.8) is 0 Å². The SMILES string of the molecule is OC1(c2cc(C3CCOC3)ccc2-c2ccc(C3CCOC3)cc2)c2ccccc2-c2ccc(Br)cc21. The lowest BCUT2D eigenvalue weighted by Crippen LogP contribution is -2.27. The van der Waals surface area contributed by atoms with Crippen molar-refractivity contribution in [2.24, 2.45) is 0 Å². The van der Waals surface area contributed by atoms with E-state index in [2.05, 4.69) is 94.8 Å². The molecule has 2 aliphatic heterocycles. The number of benzene rings is 4. The number of ether oxygens (including phenoxy) is 2. The molecule has 3 nitrogen and oxygen atoms in total. The quantitative estimate of drug-likeness (QED) is 0.287. The Morgan fingerprint density at radius 3 is 2.00 bits per heavy atom. The lowest BCUT2D eigenvalue weighted by molar-refractivity contribution is 0.131. The second-order valence-electron chi connectivity index (χ2n) is 10.5. The third-order valence-electron chi connectivity index (χ3n) is 8.44. The van der Waals surface area contributed by atoms with Crippen LogP contribution in [-0.2, 0) is 15.1 Å². The Balaban J connectivity index is 1.43. The van der Waals surface area contributed by atoms with Crippen molar-refractivity contribution in [3.05, 3.63) is 117 Å². The summed E-state index contributed by atoms with van der Waals surface area (Å²) in [6, 6.07) is 30.0. The lowest BCUT2D eigenvalue weighted by atomic mass is 9.78. The Hall–Kier alpha value is -2.76. The molecule has 2 saturated heterocycles. The number of hydrogen-bond acceptors (Lipinski definition) is 3. The van der Waals surface area contributed by atoms with Gasteiger partial charge < -0.3 is 14.6 Å². The lowest BCUT2D eigenvalue weighted by Gasteiger charge is -2.30. The van der Waals surface area contributed by atoms with Gasteiger partial charge in [0.05, 0.1) is 13.2 Å². The largest absolute Gasteiger partial charge is 0.381 e. The van der Waals surface area contributed by atoms with Gasteiger partial charge in [-0.1, -0.05) is 88.7 Å². The minimum atomic E-state index is -1.27. The van der Waals surface area contributed by atoms with Crippen LogP contribution >= 0.6 is 15.9 Å². The maximum Gasteiger partial charge on any atom is 0.142 e. The summed E-state index contributed by atoms with van der Waals surface area (Å²) in [5.41, 5.74) is 8.41. The minimum Gasteiger partial charge on any atom is -0.381 e. The topological polar surface area (TPSA) is 38.7 Å². The zero-order valence-electron chi connectivity index (χ0n) is 20.6. The number of halogens is 1. The summed E-state index contributed by atoms with van der Waals surface area (Å²) in [5.74, 6) is 0.813. The highest BCUT2D eigenvalue weighted by Crippen LogP contribution is 2.53. The van der Waals surface area contributed by atoms with Gasteiger partial charge in [-0.15, -0.1) is 0 Å². The molecule has 2 fully saturated rings. The van der Waals surface area contributed by atoms with E-state index in [1.54, 1.807) is 0 Å². The first kappa shape index (κ1) is 23.4. The summed E-state index contributed by atoms with van der Waals surface area (Å²) in [4.78, 5) is 0. The van der Waals surface area contributed by atoms with E-state index < -0.39 is 5.60 Å². The Kier molecular flexibility index (Phi) is 5.82. The van der Waals surface area contributed by atoms with E-state index in [1.165, 1.54) is 11.1 Å². The van der Waals surface area contributed by atoms with Gasteiger partial charge in [-0.3, -0.25) is 0 Å². The summed E-state index contributed by atoms with van der Waals surface area (Å²) in [7, 11) is 0. The van der Waals surface area contributed by atoms with E-state index >= 15 is 0 Å². The molecule has 3 aliphatic rings. The van der Waals surface area contributed by atoms with Crippen molar-refractivity contribution in [3.8, 4) is 22.3 Å². The van der Waals surface area contributed by atoms with Crippen LogP contribution in [0.25, 0.3) is 22.3 Å². The Labute approximate surface area is 226 Å². The summed E-state index contributed by atoms with van der Waals surface area (Å²) < 4.78 is 12.3. The van der Waals surface area contributed by atoms with E-state index in [9.17, 15) is 5.11 Å². The minimum absolute atomic E-state index is 0.347. The van der Waals surface area contributed by atoms with Crippen LogP contribution in [0.4, 0.5) is 0 Å². The monoisotopic (exact) mass is 552 g/mol. The molecule has 1 aliphatic carbocycles. The predicted molar refractivity (Wildman–Crippen MR) is 150 cm³/mol. The van der Waals surface area contributed by atoms with Crippen LogP contribution in [0.1, 0.15) is 52.5 Å². The second kappa shape index (κ2) is 9.21. The molecular weight excluding hydrogens is 524 g/mol. The normalized spacial score (nSPS) is 24.3. The van der Waals surface area contributed by atoms with E-state index in [0.29, 0.717) is 11.8 Å². The first-order chi connectivity index (χ1) is 18.1. The predicted octanol–water partition coefficient (Wildman–Crippen LogP) is 7.39. The van der Waals surface area contributed by atoms with E-state index in [0.717, 1.165) is 82.7 Å². The highest BCUT2D eigenvalue weighted by molar-refractivity contribution is 9.10. The summed E-state index contributed by atoms with van der Waals surface area (Å²) in [6.45, 7) is 3.15. The highest BCUT2D eigenvalue weighted by Gasteiger charge is 2.45. The molecule has 4 aromatic rings. The smallest absolute Gasteiger partial charge is 0.142 e. The van der Waals surface area contributed by atoms with Crippen molar-refractivity contribution in [1.82, 2.24) is 0 Å². The molecule has 7 rings (SSSR count). The average molecular weight is 553 g/mol. The molecule has 0 spiro atoms. The fourth-order valence-electron chi connectivity index (χ4n) is 6.42. The first-order valence-electron chi connectivity index (χ1n) is 13.2. The molecule has 0 aromatic heterocycles. The summed E-state index contributed by atoms with van der Waals surface area (Å²) in [5, 5.41) is 12.9. The molecule has 1 N–H and O–H groups in total. The number of aliphatic hydroxyl groups is 1. The van der Waals surface area contributed by atoms with Crippen molar-refractivity contribution >= 4 is 15.9 Å². The maximum atomic E-state index is 12.9. The van der Waals surface area contributed by atoms with Crippen molar-refractivity contribution in [2.45, 2.75) is 30.3 Å². The standard InChI is InChI=1S/C33H29BrO3/c34-26-10-12-29-28-3-1-2-4-30(28)33(35,32(29)18-26)31-17-23(25-14-16-37-20-25)9-11-27(31)22-7-5-21(6-8-22)24-13-15-36-19-24/h1-12,17-18,24-25,35H,13-16,19-20H2. The third kappa shape index (κ3) is 3.81. The Morgan fingerprint density at radius 2 is 1.27 bits per heavy atom. The first-order valence-corrected chi connectivity index (χ1v) is 13.9. The van der Waals surface area contributed by atoms with Gasteiger partial charge in [0.15, 0.2) is 0 Å². The van der Waals surface area contributed by atoms with E-state index in [1.807, 2.05) is 6.07 Å². The van der Waals surface area contributed by atoms with Gasteiger partial charge in [0.1, 0.15) is 5.60 Å². The molecule has 186 valence electrons. The number of rotatable bonds is 4. The average Bonchev–Trinajstić information content (AvgIpc) is 3.71. The molecule has 0 radical (unpaired) electrons. The highest BCUT2D eigenvalue weighted by atomic mass is 79.9. The third-order valence-corrected chi connectivity index (χ3v) is 8.93. The number of hydrogen-bond donors (Lipinski definition) is 1. The van der Waals surface area contributed by atoms with Gasteiger partial charge in [-0.25, -0.2) is 0 Å². The van der Waals surface area contributed by atoms with Gasteiger partial charge in [0, 0.05) is 46.2 Å². The maximum absolute atomic E-state index is 12.9. The van der Waals surface area contributed by atoms with Crippen molar-refractivity contribution in [1.29, 1.82) is 0 Å². The van der Waals surface area contributed by atoms with Crippen molar-refractivity contribution in [2.75, 3.05) is 26.4 Å². The van der Waals surface area contributed by atoms with Crippen LogP contribution in [0.5, 0.6) is 0 Å². The van der Waals surface area contributed by atoms with Gasteiger partial charge in [0.2, 0.25) is 0 Å². The van der Waals surface area contributed by atoms with Crippen LogP contribution in [0.2, 0.25) is 0 Å². The zero-order valence-corrected chi connectivity index (χ0v) is 22.2. The molecule has 3 atom stereocenters. The fourth-order valence-corrected chi connectivity index (χ4v) is 6.78. The summed E-state index contributed by atoms with van der Waals surface area (Å²) >= 11 is 3.67. The van der Waals surface area contributed by atoms with Crippen LogP contribution in [0.3, 0.4) is 0 Å². The molecule has 0 saturated carbocycles. The van der Waals surface area contributed by atoms with Crippen molar-refractivity contribution < 1.29 is 14.6 Å². The van der Waals surface area contributed by atoms with Crippen LogP contribution in [0.15, 0.2) is 89.4 Å². The van der Waals surface area contributed by atoms with Crippen LogP contribution in [0, 0.1) is 0 Å². The summed E-state index contributed by atoms with van der Waals surface area (Å²) in [6.07, 6.45) is 2.08. The molecule has 4 aromatic carbocycles.